The van der Waals surface area contributed by atoms with Crippen molar-refractivity contribution in [2.75, 3.05) is 6.54 Å². The summed E-state index contributed by atoms with van der Waals surface area (Å²) >= 11 is 5.02. The molecule has 2 rings (SSSR count). The first kappa shape index (κ1) is 13.1. The zero-order valence-electron chi connectivity index (χ0n) is 9.78. The molecular formula is C12H17BrN2OS. The number of rotatable bonds is 5. The average molecular weight is 317 g/mol. The maximum atomic E-state index is 12.1. The van der Waals surface area contributed by atoms with Crippen molar-refractivity contribution in [1.29, 1.82) is 0 Å². The van der Waals surface area contributed by atoms with Gasteiger partial charge in [-0.1, -0.05) is 0 Å². The van der Waals surface area contributed by atoms with E-state index >= 15 is 0 Å². The molecule has 1 saturated carbocycles. The maximum Gasteiger partial charge on any atom is 0.228 e. The minimum atomic E-state index is -0.0981. The van der Waals surface area contributed by atoms with Crippen molar-refractivity contribution < 1.29 is 4.79 Å². The number of nitrogens with one attached hydrogen (secondary N) is 1. The Morgan fingerprint density at radius 1 is 1.65 bits per heavy atom. The number of nitrogens with two attached hydrogens (primary N) is 1. The summed E-state index contributed by atoms with van der Waals surface area (Å²) in [5.41, 5.74) is 5.69. The summed E-state index contributed by atoms with van der Waals surface area (Å²) in [6.45, 7) is 2.48. The van der Waals surface area contributed by atoms with Gasteiger partial charge in [-0.3, -0.25) is 4.79 Å². The van der Waals surface area contributed by atoms with Crippen LogP contribution in [0, 0.1) is 5.92 Å². The van der Waals surface area contributed by atoms with E-state index in [1.165, 1.54) is 12.8 Å². The predicted octanol–water partition coefficient (Wildman–Crippen LogP) is 2.47. The van der Waals surface area contributed by atoms with Crippen LogP contribution in [-0.2, 0) is 4.79 Å². The molecular weight excluding hydrogens is 300 g/mol. The third kappa shape index (κ3) is 3.30. The second kappa shape index (κ2) is 5.50. The highest BCUT2D eigenvalue weighted by Crippen LogP contribution is 2.33. The lowest BCUT2D eigenvalue weighted by molar-refractivity contribution is -0.122. The van der Waals surface area contributed by atoms with Gasteiger partial charge in [-0.05, 0) is 53.7 Å². The summed E-state index contributed by atoms with van der Waals surface area (Å²) in [5.74, 6) is 0.590. The zero-order valence-corrected chi connectivity index (χ0v) is 12.2. The fourth-order valence-corrected chi connectivity index (χ4v) is 3.34. The first-order valence-electron chi connectivity index (χ1n) is 5.87. The maximum absolute atomic E-state index is 12.1. The molecule has 0 spiro atoms. The van der Waals surface area contributed by atoms with E-state index in [-0.39, 0.29) is 17.9 Å². The van der Waals surface area contributed by atoms with E-state index in [9.17, 15) is 4.79 Å². The number of halogens is 1. The van der Waals surface area contributed by atoms with Crippen LogP contribution in [0.5, 0.6) is 0 Å². The molecule has 1 amide bonds. The quantitative estimate of drug-likeness (QED) is 0.876. The van der Waals surface area contributed by atoms with Gasteiger partial charge in [-0.15, -0.1) is 11.3 Å². The van der Waals surface area contributed by atoms with Crippen molar-refractivity contribution in [1.82, 2.24) is 5.32 Å². The van der Waals surface area contributed by atoms with Gasteiger partial charge in [0.05, 0.1) is 9.70 Å². The normalized spacial score (nSPS) is 18.8. The first-order valence-corrected chi connectivity index (χ1v) is 7.48. The Bertz CT molecular complexity index is 403. The zero-order chi connectivity index (χ0) is 12.4. The molecule has 0 bridgehead atoms. The summed E-state index contributed by atoms with van der Waals surface area (Å²) in [7, 11) is 0. The van der Waals surface area contributed by atoms with Crippen LogP contribution >= 0.6 is 27.3 Å². The molecule has 2 unspecified atom stereocenters. The van der Waals surface area contributed by atoms with E-state index < -0.39 is 0 Å². The molecule has 0 saturated heterocycles. The number of carbonyl (C=O) groups excluding carboxylic acids is 1. The molecule has 1 aliphatic carbocycles. The smallest absolute Gasteiger partial charge is 0.228 e. The van der Waals surface area contributed by atoms with Gasteiger partial charge in [0.15, 0.2) is 0 Å². The summed E-state index contributed by atoms with van der Waals surface area (Å²) in [6, 6.07) is 4.13. The van der Waals surface area contributed by atoms with Crippen molar-refractivity contribution in [2.24, 2.45) is 11.7 Å². The summed E-state index contributed by atoms with van der Waals surface area (Å²) < 4.78 is 1.06. The summed E-state index contributed by atoms with van der Waals surface area (Å²) in [4.78, 5) is 13.2. The Morgan fingerprint density at radius 3 is 2.82 bits per heavy atom. The molecule has 1 aromatic heterocycles. The van der Waals surface area contributed by atoms with Gasteiger partial charge in [0, 0.05) is 17.5 Å². The van der Waals surface area contributed by atoms with Crippen molar-refractivity contribution >= 4 is 33.2 Å². The van der Waals surface area contributed by atoms with Crippen LogP contribution < -0.4 is 11.1 Å². The Morgan fingerprint density at radius 2 is 2.35 bits per heavy atom. The van der Waals surface area contributed by atoms with Crippen LogP contribution in [0.3, 0.4) is 0 Å². The van der Waals surface area contributed by atoms with Gasteiger partial charge < -0.3 is 11.1 Å². The number of hydrogen-bond donors (Lipinski definition) is 2. The largest absolute Gasteiger partial charge is 0.351 e. The lowest BCUT2D eigenvalue weighted by atomic mass is 10.1. The SMILES string of the molecule is CC(C(=O)NC(CN)C1CC1)c1ccc(Br)s1. The van der Waals surface area contributed by atoms with Gasteiger partial charge in [-0.2, -0.15) is 0 Å². The molecule has 94 valence electrons. The highest BCUT2D eigenvalue weighted by molar-refractivity contribution is 9.11. The Hall–Kier alpha value is -0.390. The van der Waals surface area contributed by atoms with Crippen LogP contribution in [-0.4, -0.2) is 18.5 Å². The third-order valence-corrected chi connectivity index (χ3v) is 4.99. The Kier molecular flexibility index (Phi) is 4.22. The van der Waals surface area contributed by atoms with Crippen LogP contribution in [0.2, 0.25) is 0 Å². The minimum absolute atomic E-state index is 0.0849. The molecule has 2 atom stereocenters. The predicted molar refractivity (Wildman–Crippen MR) is 74.1 cm³/mol. The number of amides is 1. The van der Waals surface area contributed by atoms with Crippen molar-refractivity contribution in [3.8, 4) is 0 Å². The Balaban J connectivity index is 1.94. The Labute approximate surface area is 114 Å². The van der Waals surface area contributed by atoms with Crippen LogP contribution in [0.15, 0.2) is 15.9 Å². The molecule has 0 aliphatic heterocycles. The molecule has 1 aliphatic rings. The van der Waals surface area contributed by atoms with Crippen molar-refractivity contribution in [3.63, 3.8) is 0 Å². The molecule has 0 radical (unpaired) electrons. The van der Waals surface area contributed by atoms with Gasteiger partial charge in [0.1, 0.15) is 0 Å². The topological polar surface area (TPSA) is 55.1 Å². The summed E-state index contributed by atoms with van der Waals surface area (Å²) in [6.07, 6.45) is 2.39. The summed E-state index contributed by atoms with van der Waals surface area (Å²) in [5, 5.41) is 3.06. The fraction of sp³-hybridized carbons (Fsp3) is 0.583. The van der Waals surface area contributed by atoms with Gasteiger partial charge >= 0.3 is 0 Å². The van der Waals surface area contributed by atoms with E-state index in [1.54, 1.807) is 11.3 Å². The highest BCUT2D eigenvalue weighted by Gasteiger charge is 2.32. The second-order valence-corrected chi connectivity index (χ2v) is 7.05. The van der Waals surface area contributed by atoms with E-state index in [0.717, 1.165) is 8.66 Å². The highest BCUT2D eigenvalue weighted by atomic mass is 79.9. The first-order chi connectivity index (χ1) is 8.11. The van der Waals surface area contributed by atoms with E-state index in [1.807, 2.05) is 19.1 Å². The fourth-order valence-electron chi connectivity index (χ4n) is 1.87. The molecule has 17 heavy (non-hydrogen) atoms. The lowest BCUT2D eigenvalue weighted by Gasteiger charge is -2.18. The molecule has 3 N–H and O–H groups in total. The van der Waals surface area contributed by atoms with Crippen LogP contribution in [0.25, 0.3) is 0 Å². The molecule has 5 heteroatoms. The monoisotopic (exact) mass is 316 g/mol. The van der Waals surface area contributed by atoms with Crippen molar-refractivity contribution in [3.05, 3.63) is 20.8 Å². The lowest BCUT2D eigenvalue weighted by Crippen LogP contribution is -2.43. The third-order valence-electron chi connectivity index (χ3n) is 3.19. The number of hydrogen-bond acceptors (Lipinski definition) is 3. The van der Waals surface area contributed by atoms with E-state index in [4.69, 9.17) is 5.73 Å². The van der Waals surface area contributed by atoms with Crippen LogP contribution in [0.1, 0.15) is 30.6 Å². The van der Waals surface area contributed by atoms with E-state index in [2.05, 4.69) is 21.2 Å². The van der Waals surface area contributed by atoms with Crippen molar-refractivity contribution in [2.45, 2.75) is 31.7 Å². The molecule has 0 aromatic carbocycles. The second-order valence-electron chi connectivity index (χ2n) is 4.55. The molecule has 1 fully saturated rings. The molecule has 1 heterocycles. The van der Waals surface area contributed by atoms with Gasteiger partial charge in [0.25, 0.3) is 0 Å². The number of carbonyl (C=O) groups is 1. The standard InChI is InChI=1S/C12H17BrN2OS/c1-7(10-4-5-11(13)17-10)12(16)15-9(6-14)8-2-3-8/h4-5,7-9H,2-3,6,14H2,1H3,(H,15,16). The number of thiophene rings is 1. The van der Waals surface area contributed by atoms with Crippen LogP contribution in [0.4, 0.5) is 0 Å². The molecule has 3 nitrogen and oxygen atoms in total. The molecule has 1 aromatic rings. The van der Waals surface area contributed by atoms with Gasteiger partial charge in [0.2, 0.25) is 5.91 Å². The van der Waals surface area contributed by atoms with E-state index in [0.29, 0.717) is 12.5 Å². The van der Waals surface area contributed by atoms with Gasteiger partial charge in [-0.25, -0.2) is 0 Å². The average Bonchev–Trinajstić information content (AvgIpc) is 3.07. The minimum Gasteiger partial charge on any atom is -0.351 e.